The molecule has 23 heavy (non-hydrogen) atoms. The van der Waals surface area contributed by atoms with Gasteiger partial charge >= 0.3 is 0 Å². The van der Waals surface area contributed by atoms with Crippen molar-refractivity contribution in [2.24, 2.45) is 0 Å². The second kappa shape index (κ2) is 6.47. The molecule has 0 aromatic carbocycles. The standard InChI is InChI=1S/C16H21ClN4OSi/c1-23(2,3)9-8-22-11-21-14(15-18-6-7-19-15)10-12-13(17)4-5-20-16(12)21/h4-7,10H,8-9,11H2,1-3H3,(H,18,19). The van der Waals surface area contributed by atoms with Crippen molar-refractivity contribution < 1.29 is 4.74 Å². The number of hydrogen-bond acceptors (Lipinski definition) is 3. The van der Waals surface area contributed by atoms with Gasteiger partial charge < -0.3 is 9.72 Å². The van der Waals surface area contributed by atoms with Crippen LogP contribution in [0.1, 0.15) is 0 Å². The highest BCUT2D eigenvalue weighted by Crippen LogP contribution is 2.29. The Hall–Kier alpha value is -1.63. The quantitative estimate of drug-likeness (QED) is 0.531. The molecule has 0 fully saturated rings. The van der Waals surface area contributed by atoms with Crippen molar-refractivity contribution >= 4 is 30.7 Å². The molecule has 3 heterocycles. The Morgan fingerprint density at radius 1 is 1.26 bits per heavy atom. The van der Waals surface area contributed by atoms with Crippen LogP contribution in [0.25, 0.3) is 22.6 Å². The second-order valence-electron chi connectivity index (χ2n) is 6.77. The zero-order valence-electron chi connectivity index (χ0n) is 13.6. The summed E-state index contributed by atoms with van der Waals surface area (Å²) in [5.41, 5.74) is 1.75. The fraction of sp³-hybridized carbons (Fsp3) is 0.375. The van der Waals surface area contributed by atoms with Crippen molar-refractivity contribution in [3.63, 3.8) is 0 Å². The summed E-state index contributed by atoms with van der Waals surface area (Å²) in [5.74, 6) is 0.785. The first kappa shape index (κ1) is 16.2. The Labute approximate surface area is 141 Å². The van der Waals surface area contributed by atoms with Crippen LogP contribution in [0, 0.1) is 0 Å². The zero-order chi connectivity index (χ0) is 16.4. The van der Waals surface area contributed by atoms with Gasteiger partial charge in [0.25, 0.3) is 0 Å². The van der Waals surface area contributed by atoms with Crippen LogP contribution in [-0.4, -0.2) is 34.2 Å². The number of nitrogens with one attached hydrogen (secondary N) is 1. The maximum absolute atomic E-state index is 6.31. The third-order valence-electron chi connectivity index (χ3n) is 3.70. The minimum Gasteiger partial charge on any atom is -0.361 e. The van der Waals surface area contributed by atoms with E-state index in [1.165, 1.54) is 0 Å². The first-order chi connectivity index (χ1) is 11.0. The van der Waals surface area contributed by atoms with E-state index in [1.54, 1.807) is 24.7 Å². The topological polar surface area (TPSA) is 55.7 Å². The molecule has 1 N–H and O–H groups in total. The molecule has 3 rings (SSSR count). The smallest absolute Gasteiger partial charge is 0.154 e. The minimum absolute atomic E-state index is 0.442. The Morgan fingerprint density at radius 2 is 2.09 bits per heavy atom. The predicted octanol–water partition coefficient (Wildman–Crippen LogP) is 4.39. The van der Waals surface area contributed by atoms with Gasteiger partial charge in [0, 0.05) is 38.7 Å². The van der Waals surface area contributed by atoms with Crippen LogP contribution in [-0.2, 0) is 11.5 Å². The van der Waals surface area contributed by atoms with Crippen LogP contribution in [0.2, 0.25) is 30.7 Å². The SMILES string of the molecule is C[Si](C)(C)CCOCn1c(-c2ncc[nH]2)cc2c(Cl)ccnc21. The molecule has 0 bridgehead atoms. The number of ether oxygens (including phenoxy) is 1. The Bertz CT molecular complexity index is 792. The van der Waals surface area contributed by atoms with Crippen molar-refractivity contribution in [3.8, 4) is 11.5 Å². The van der Waals surface area contributed by atoms with Crippen molar-refractivity contribution in [3.05, 3.63) is 35.7 Å². The first-order valence-corrected chi connectivity index (χ1v) is 11.8. The highest BCUT2D eigenvalue weighted by Gasteiger charge is 2.16. The van der Waals surface area contributed by atoms with Crippen molar-refractivity contribution in [2.45, 2.75) is 32.4 Å². The maximum Gasteiger partial charge on any atom is 0.154 e. The number of H-pyrrole nitrogens is 1. The van der Waals surface area contributed by atoms with Gasteiger partial charge in [-0.15, -0.1) is 0 Å². The van der Waals surface area contributed by atoms with E-state index in [4.69, 9.17) is 16.3 Å². The van der Waals surface area contributed by atoms with E-state index >= 15 is 0 Å². The molecular formula is C16H21ClN4OSi. The van der Waals surface area contributed by atoms with E-state index in [9.17, 15) is 0 Å². The van der Waals surface area contributed by atoms with Crippen molar-refractivity contribution in [1.82, 2.24) is 19.5 Å². The molecular weight excluding hydrogens is 328 g/mol. The summed E-state index contributed by atoms with van der Waals surface area (Å²) in [5, 5.41) is 1.60. The summed E-state index contributed by atoms with van der Waals surface area (Å²) in [6.45, 7) is 8.23. The van der Waals surface area contributed by atoms with Gasteiger partial charge in [-0.1, -0.05) is 31.2 Å². The van der Waals surface area contributed by atoms with Gasteiger partial charge in [0.05, 0.1) is 10.7 Å². The molecule has 122 valence electrons. The normalized spacial score (nSPS) is 12.2. The number of nitrogens with zero attached hydrogens (tertiary/aromatic N) is 3. The maximum atomic E-state index is 6.31. The van der Waals surface area contributed by atoms with Gasteiger partial charge in [-0.25, -0.2) is 9.97 Å². The van der Waals surface area contributed by atoms with Gasteiger partial charge in [0.1, 0.15) is 12.4 Å². The molecule has 0 aliphatic rings. The van der Waals surface area contributed by atoms with Gasteiger partial charge in [-0.05, 0) is 18.2 Å². The van der Waals surface area contributed by atoms with E-state index in [2.05, 4.69) is 34.6 Å². The summed E-state index contributed by atoms with van der Waals surface area (Å²) >= 11 is 6.31. The second-order valence-corrected chi connectivity index (χ2v) is 12.8. The lowest BCUT2D eigenvalue weighted by atomic mass is 10.3. The molecule has 3 aromatic rings. The molecule has 3 aromatic heterocycles. The van der Waals surface area contributed by atoms with Crippen LogP contribution in [0.5, 0.6) is 0 Å². The van der Waals surface area contributed by atoms with E-state index < -0.39 is 8.07 Å². The van der Waals surface area contributed by atoms with Crippen molar-refractivity contribution in [1.29, 1.82) is 0 Å². The first-order valence-electron chi connectivity index (χ1n) is 7.67. The van der Waals surface area contributed by atoms with Gasteiger partial charge in [-0.3, -0.25) is 4.57 Å². The largest absolute Gasteiger partial charge is 0.361 e. The fourth-order valence-electron chi connectivity index (χ4n) is 2.38. The van der Waals surface area contributed by atoms with Crippen LogP contribution in [0.15, 0.2) is 30.7 Å². The van der Waals surface area contributed by atoms with Crippen LogP contribution < -0.4 is 0 Å². The third kappa shape index (κ3) is 3.65. The number of pyridine rings is 1. The number of halogens is 1. The number of aromatic amines is 1. The van der Waals surface area contributed by atoms with E-state index in [0.29, 0.717) is 11.8 Å². The number of rotatable bonds is 6. The lowest BCUT2D eigenvalue weighted by molar-refractivity contribution is 0.0908. The molecule has 7 heteroatoms. The average molecular weight is 349 g/mol. The zero-order valence-corrected chi connectivity index (χ0v) is 15.4. The van der Waals surface area contributed by atoms with E-state index in [1.807, 2.05) is 10.6 Å². The Morgan fingerprint density at radius 3 is 2.78 bits per heavy atom. The lowest BCUT2D eigenvalue weighted by Gasteiger charge is -2.16. The summed E-state index contributed by atoms with van der Waals surface area (Å²) in [6.07, 6.45) is 5.26. The number of imidazole rings is 1. The summed E-state index contributed by atoms with van der Waals surface area (Å²) < 4.78 is 7.93. The molecule has 0 unspecified atom stereocenters. The molecule has 0 aliphatic heterocycles. The van der Waals surface area contributed by atoms with Gasteiger partial charge in [-0.2, -0.15) is 0 Å². The highest BCUT2D eigenvalue weighted by atomic mass is 35.5. The van der Waals surface area contributed by atoms with Crippen LogP contribution in [0.3, 0.4) is 0 Å². The molecule has 0 atom stereocenters. The average Bonchev–Trinajstić information content (AvgIpc) is 3.11. The third-order valence-corrected chi connectivity index (χ3v) is 5.73. The molecule has 0 spiro atoms. The molecule has 0 radical (unpaired) electrons. The van der Waals surface area contributed by atoms with E-state index in [-0.39, 0.29) is 0 Å². The molecule has 5 nitrogen and oxygen atoms in total. The van der Waals surface area contributed by atoms with Crippen LogP contribution in [0.4, 0.5) is 0 Å². The fourth-order valence-corrected chi connectivity index (χ4v) is 3.34. The summed E-state index contributed by atoms with van der Waals surface area (Å²) in [7, 11) is -1.10. The van der Waals surface area contributed by atoms with Crippen LogP contribution >= 0.6 is 11.6 Å². The summed E-state index contributed by atoms with van der Waals surface area (Å²) in [6, 6.07) is 4.94. The molecule has 0 saturated heterocycles. The Kier molecular flexibility index (Phi) is 4.56. The predicted molar refractivity (Wildman–Crippen MR) is 96.4 cm³/mol. The number of fused-ring (bicyclic) bond motifs is 1. The molecule has 0 aliphatic carbocycles. The number of aromatic nitrogens is 4. The lowest BCUT2D eigenvalue weighted by Crippen LogP contribution is -2.22. The Balaban J connectivity index is 1.91. The molecule has 0 amide bonds. The van der Waals surface area contributed by atoms with Crippen molar-refractivity contribution in [2.75, 3.05) is 6.61 Å². The minimum atomic E-state index is -1.10. The van der Waals surface area contributed by atoms with Gasteiger partial charge in [0.15, 0.2) is 5.82 Å². The number of hydrogen-bond donors (Lipinski definition) is 1. The van der Waals surface area contributed by atoms with Gasteiger partial charge in [0.2, 0.25) is 0 Å². The summed E-state index contributed by atoms with van der Waals surface area (Å²) in [4.78, 5) is 11.9. The highest BCUT2D eigenvalue weighted by molar-refractivity contribution is 6.76. The monoisotopic (exact) mass is 348 g/mol. The molecule has 0 saturated carbocycles. The van der Waals surface area contributed by atoms with E-state index in [0.717, 1.165) is 35.2 Å².